The molecule has 9 heteroatoms. The number of rotatable bonds is 8. The summed E-state index contributed by atoms with van der Waals surface area (Å²) >= 11 is 2.90. The lowest BCUT2D eigenvalue weighted by Gasteiger charge is -2.12. The number of benzene rings is 1. The van der Waals surface area contributed by atoms with Crippen LogP contribution in [0.25, 0.3) is 0 Å². The van der Waals surface area contributed by atoms with Crippen LogP contribution in [0.15, 0.2) is 40.3 Å². The van der Waals surface area contributed by atoms with Gasteiger partial charge in [-0.1, -0.05) is 25.6 Å². The van der Waals surface area contributed by atoms with Crippen LogP contribution in [-0.2, 0) is 15.3 Å². The van der Waals surface area contributed by atoms with Crippen molar-refractivity contribution in [3.63, 3.8) is 0 Å². The lowest BCUT2D eigenvalue weighted by Crippen LogP contribution is -2.23. The number of carbonyl (C=O) groups excluding carboxylic acids is 2. The first kappa shape index (κ1) is 22.0. The fourth-order valence-electron chi connectivity index (χ4n) is 2.17. The van der Waals surface area contributed by atoms with Gasteiger partial charge in [0.25, 0.3) is 5.56 Å². The number of nitrogens with one attached hydrogen (secondary N) is 3. The topological polar surface area (TPSA) is 104 Å². The first-order valence-electron chi connectivity index (χ1n) is 8.80. The Balaban J connectivity index is 1.98. The number of aromatic nitrogens is 2. The summed E-state index contributed by atoms with van der Waals surface area (Å²) in [6.07, 6.45) is 0. The molecule has 1 atom stereocenters. The van der Waals surface area contributed by atoms with Gasteiger partial charge in [0.05, 0.1) is 10.9 Å². The largest absolute Gasteiger partial charge is 0.326 e. The van der Waals surface area contributed by atoms with Crippen molar-refractivity contribution in [3.05, 3.63) is 46.4 Å². The van der Waals surface area contributed by atoms with Gasteiger partial charge in [0.15, 0.2) is 5.16 Å². The summed E-state index contributed by atoms with van der Waals surface area (Å²) in [6.45, 7) is 7.36. The van der Waals surface area contributed by atoms with Crippen molar-refractivity contribution in [2.45, 2.75) is 49.1 Å². The van der Waals surface area contributed by atoms with Crippen LogP contribution < -0.4 is 16.2 Å². The maximum absolute atomic E-state index is 12.4. The quantitative estimate of drug-likeness (QED) is 0.446. The van der Waals surface area contributed by atoms with E-state index >= 15 is 0 Å². The average molecular weight is 421 g/mol. The summed E-state index contributed by atoms with van der Waals surface area (Å²) < 4.78 is 0. The molecule has 0 aliphatic rings. The number of nitrogens with zero attached hydrogens (tertiary/aromatic N) is 1. The summed E-state index contributed by atoms with van der Waals surface area (Å²) in [5.41, 5.74) is 1.75. The minimum atomic E-state index is -0.453. The number of hydrogen-bond donors (Lipinski definition) is 3. The fourth-order valence-corrected chi connectivity index (χ4v) is 3.65. The SMILES string of the molecule is CC(=O)Nc1ccc(NC(=O)C(C)Sc2nc(CSC(C)C)cc(=O)[nH]2)cc1. The van der Waals surface area contributed by atoms with Crippen molar-refractivity contribution in [2.24, 2.45) is 0 Å². The molecule has 0 radical (unpaired) electrons. The van der Waals surface area contributed by atoms with Crippen LogP contribution >= 0.6 is 23.5 Å². The second kappa shape index (κ2) is 10.3. The monoisotopic (exact) mass is 420 g/mol. The molecule has 28 heavy (non-hydrogen) atoms. The van der Waals surface area contributed by atoms with Crippen molar-refractivity contribution in [2.75, 3.05) is 10.6 Å². The van der Waals surface area contributed by atoms with E-state index in [0.29, 0.717) is 33.2 Å². The molecule has 0 spiro atoms. The van der Waals surface area contributed by atoms with Crippen LogP contribution in [-0.4, -0.2) is 32.3 Å². The predicted octanol–water partition coefficient (Wildman–Crippen LogP) is 3.49. The lowest BCUT2D eigenvalue weighted by molar-refractivity contribution is -0.115. The molecule has 1 heterocycles. The van der Waals surface area contributed by atoms with Crippen LogP contribution in [0.3, 0.4) is 0 Å². The predicted molar refractivity (Wildman–Crippen MR) is 116 cm³/mol. The first-order chi connectivity index (χ1) is 13.2. The standard InChI is InChI=1S/C19H24N4O3S2/c1-11(2)27-10-16-9-17(25)23-19(22-16)28-12(3)18(26)21-15-7-5-14(6-8-15)20-13(4)24/h5-9,11-12H,10H2,1-4H3,(H,20,24)(H,21,26)(H,22,23,25). The van der Waals surface area contributed by atoms with E-state index < -0.39 is 5.25 Å². The number of aromatic amines is 1. The summed E-state index contributed by atoms with van der Waals surface area (Å²) in [6, 6.07) is 8.34. The number of thioether (sulfide) groups is 2. The molecule has 0 aliphatic carbocycles. The second-order valence-electron chi connectivity index (χ2n) is 6.41. The van der Waals surface area contributed by atoms with Crippen molar-refractivity contribution in [3.8, 4) is 0 Å². The zero-order valence-corrected chi connectivity index (χ0v) is 17.9. The summed E-state index contributed by atoms with van der Waals surface area (Å²) in [7, 11) is 0. The van der Waals surface area contributed by atoms with Crippen molar-refractivity contribution in [1.82, 2.24) is 9.97 Å². The van der Waals surface area contributed by atoms with E-state index in [2.05, 4.69) is 34.4 Å². The van der Waals surface area contributed by atoms with E-state index in [0.717, 1.165) is 0 Å². The first-order valence-corrected chi connectivity index (χ1v) is 10.7. The van der Waals surface area contributed by atoms with Gasteiger partial charge in [-0.25, -0.2) is 4.98 Å². The van der Waals surface area contributed by atoms with Crippen LogP contribution in [0, 0.1) is 0 Å². The van der Waals surface area contributed by atoms with E-state index in [1.54, 1.807) is 43.0 Å². The second-order valence-corrected chi connectivity index (χ2v) is 9.30. The Kier molecular flexibility index (Phi) is 8.13. The molecular formula is C19H24N4O3S2. The van der Waals surface area contributed by atoms with Gasteiger partial charge >= 0.3 is 0 Å². The third-order valence-corrected chi connectivity index (χ3v) is 5.58. The van der Waals surface area contributed by atoms with Crippen LogP contribution in [0.4, 0.5) is 11.4 Å². The van der Waals surface area contributed by atoms with E-state index in [4.69, 9.17) is 0 Å². The van der Waals surface area contributed by atoms with Crippen LogP contribution in [0.5, 0.6) is 0 Å². The van der Waals surface area contributed by atoms with E-state index in [1.165, 1.54) is 24.8 Å². The molecule has 2 aromatic rings. The van der Waals surface area contributed by atoms with Gasteiger partial charge in [-0.05, 0) is 36.4 Å². The zero-order valence-electron chi connectivity index (χ0n) is 16.2. The van der Waals surface area contributed by atoms with Gasteiger partial charge in [-0.15, -0.1) is 0 Å². The maximum Gasteiger partial charge on any atom is 0.251 e. The van der Waals surface area contributed by atoms with Gasteiger partial charge in [0.1, 0.15) is 0 Å². The molecule has 0 saturated heterocycles. The molecule has 1 aromatic heterocycles. The van der Waals surface area contributed by atoms with Crippen molar-refractivity contribution >= 4 is 46.7 Å². The third-order valence-electron chi connectivity index (χ3n) is 3.47. The summed E-state index contributed by atoms with van der Waals surface area (Å²) in [4.78, 5) is 42.5. The highest BCUT2D eigenvalue weighted by atomic mass is 32.2. The normalized spacial score (nSPS) is 11.9. The van der Waals surface area contributed by atoms with E-state index in [9.17, 15) is 14.4 Å². The molecule has 2 amide bonds. The molecular weight excluding hydrogens is 396 g/mol. The number of amides is 2. The molecule has 2 rings (SSSR count). The Labute approximate surface area is 172 Å². The molecule has 0 fully saturated rings. The lowest BCUT2D eigenvalue weighted by atomic mass is 10.2. The van der Waals surface area contributed by atoms with Crippen LogP contribution in [0.1, 0.15) is 33.4 Å². The van der Waals surface area contributed by atoms with Crippen LogP contribution in [0.2, 0.25) is 0 Å². The summed E-state index contributed by atoms with van der Waals surface area (Å²) in [5.74, 6) is 0.287. The van der Waals surface area contributed by atoms with E-state index in [1.807, 2.05) is 0 Å². The van der Waals surface area contributed by atoms with Gasteiger partial charge < -0.3 is 15.6 Å². The Morgan fingerprint density at radius 2 is 1.71 bits per heavy atom. The Morgan fingerprint density at radius 1 is 1.11 bits per heavy atom. The van der Waals surface area contributed by atoms with Gasteiger partial charge in [0.2, 0.25) is 11.8 Å². The number of carbonyl (C=O) groups is 2. The molecule has 0 bridgehead atoms. The van der Waals surface area contributed by atoms with Gasteiger partial charge in [-0.2, -0.15) is 11.8 Å². The third kappa shape index (κ3) is 7.40. The molecule has 0 aliphatic heterocycles. The highest BCUT2D eigenvalue weighted by Crippen LogP contribution is 2.22. The Bertz CT molecular complexity index is 881. The maximum atomic E-state index is 12.4. The molecule has 3 N–H and O–H groups in total. The molecule has 1 unspecified atom stereocenters. The van der Waals surface area contributed by atoms with Gasteiger partial charge in [-0.3, -0.25) is 14.4 Å². The smallest absolute Gasteiger partial charge is 0.251 e. The minimum absolute atomic E-state index is 0.155. The number of hydrogen-bond acceptors (Lipinski definition) is 6. The minimum Gasteiger partial charge on any atom is -0.326 e. The highest BCUT2D eigenvalue weighted by Gasteiger charge is 2.16. The molecule has 1 aromatic carbocycles. The van der Waals surface area contributed by atoms with E-state index in [-0.39, 0.29) is 17.4 Å². The fraction of sp³-hybridized carbons (Fsp3) is 0.368. The highest BCUT2D eigenvalue weighted by molar-refractivity contribution is 8.00. The molecule has 150 valence electrons. The molecule has 0 saturated carbocycles. The zero-order chi connectivity index (χ0) is 20.7. The molecule has 7 nitrogen and oxygen atoms in total. The van der Waals surface area contributed by atoms with Crippen molar-refractivity contribution in [1.29, 1.82) is 0 Å². The van der Waals surface area contributed by atoms with Crippen molar-refractivity contribution < 1.29 is 9.59 Å². The Morgan fingerprint density at radius 3 is 2.29 bits per heavy atom. The Hall–Kier alpha value is -2.26. The van der Waals surface area contributed by atoms with Gasteiger partial charge in [0, 0.05) is 30.1 Å². The number of H-pyrrole nitrogens is 1. The summed E-state index contributed by atoms with van der Waals surface area (Å²) in [5, 5.41) is 5.90. The average Bonchev–Trinajstić information content (AvgIpc) is 2.60. The number of anilines is 2.